The fourth-order valence-corrected chi connectivity index (χ4v) is 2.06. The number of hydrogen-bond acceptors (Lipinski definition) is 2. The molecule has 14 heavy (non-hydrogen) atoms. The number of carbonyl (C=O) groups excluding carboxylic acids is 1. The molecule has 3 heteroatoms. The summed E-state index contributed by atoms with van der Waals surface area (Å²) in [5.41, 5.74) is 0. The lowest BCUT2D eigenvalue weighted by Gasteiger charge is -2.19. The maximum Gasteiger partial charge on any atom is 0.227 e. The van der Waals surface area contributed by atoms with Crippen molar-refractivity contribution < 1.29 is 4.79 Å². The Labute approximate surface area is 89.5 Å². The summed E-state index contributed by atoms with van der Waals surface area (Å²) in [5.74, 6) is 0.223. The van der Waals surface area contributed by atoms with E-state index in [1.807, 2.05) is 29.3 Å². The third kappa shape index (κ3) is 2.84. The zero-order valence-electron chi connectivity index (χ0n) is 8.82. The third-order valence-corrected chi connectivity index (χ3v) is 3.00. The lowest BCUT2D eigenvalue weighted by Crippen LogP contribution is -2.30. The molecule has 78 valence electrons. The number of thiophene rings is 1. The Morgan fingerprint density at radius 1 is 1.50 bits per heavy atom. The van der Waals surface area contributed by atoms with Crippen LogP contribution in [0.15, 0.2) is 17.5 Å². The predicted octanol–water partition coefficient (Wildman–Crippen LogP) is 3.29. The Hall–Kier alpha value is -0.830. The van der Waals surface area contributed by atoms with Crippen molar-refractivity contribution in [2.75, 3.05) is 11.4 Å². The molecule has 0 N–H and O–H groups in total. The van der Waals surface area contributed by atoms with Gasteiger partial charge in [0.25, 0.3) is 0 Å². The van der Waals surface area contributed by atoms with Gasteiger partial charge in [-0.25, -0.2) is 0 Å². The molecule has 0 fully saturated rings. The Bertz CT molecular complexity index is 269. The van der Waals surface area contributed by atoms with E-state index in [9.17, 15) is 4.79 Å². The van der Waals surface area contributed by atoms with Gasteiger partial charge in [0.2, 0.25) is 5.91 Å². The number of hydrogen-bond donors (Lipinski definition) is 0. The molecule has 0 spiro atoms. The van der Waals surface area contributed by atoms with E-state index in [4.69, 9.17) is 0 Å². The van der Waals surface area contributed by atoms with Crippen molar-refractivity contribution in [2.24, 2.45) is 0 Å². The number of carbonyl (C=O) groups is 1. The van der Waals surface area contributed by atoms with Crippen LogP contribution in [0.25, 0.3) is 0 Å². The van der Waals surface area contributed by atoms with Gasteiger partial charge < -0.3 is 4.90 Å². The highest BCUT2D eigenvalue weighted by molar-refractivity contribution is 7.14. The van der Waals surface area contributed by atoms with Crippen molar-refractivity contribution in [2.45, 2.75) is 33.1 Å². The molecule has 0 saturated heterocycles. The number of rotatable bonds is 5. The molecular formula is C11H17NOS. The molecule has 1 rings (SSSR count). The van der Waals surface area contributed by atoms with Crippen LogP contribution in [0.5, 0.6) is 0 Å². The molecule has 0 radical (unpaired) electrons. The monoisotopic (exact) mass is 211 g/mol. The molecule has 1 aromatic rings. The zero-order chi connectivity index (χ0) is 10.4. The van der Waals surface area contributed by atoms with Gasteiger partial charge >= 0.3 is 0 Å². The molecule has 0 aliphatic heterocycles. The highest BCUT2D eigenvalue weighted by Gasteiger charge is 2.13. The molecule has 2 nitrogen and oxygen atoms in total. The summed E-state index contributed by atoms with van der Waals surface area (Å²) in [7, 11) is 0. The van der Waals surface area contributed by atoms with Gasteiger partial charge in [0, 0.05) is 13.0 Å². The molecule has 0 unspecified atom stereocenters. The minimum atomic E-state index is 0.223. The number of anilines is 1. The minimum Gasteiger partial charge on any atom is -0.304 e. The van der Waals surface area contributed by atoms with Crippen LogP contribution in [0, 0.1) is 0 Å². The van der Waals surface area contributed by atoms with Gasteiger partial charge in [0.15, 0.2) is 0 Å². The second kappa shape index (κ2) is 5.81. The average Bonchev–Trinajstić information content (AvgIpc) is 2.71. The van der Waals surface area contributed by atoms with E-state index >= 15 is 0 Å². The smallest absolute Gasteiger partial charge is 0.227 e. The molecule has 1 heterocycles. The Balaban J connectivity index is 2.67. The van der Waals surface area contributed by atoms with Gasteiger partial charge in [-0.15, -0.1) is 11.3 Å². The highest BCUT2D eigenvalue weighted by atomic mass is 32.1. The zero-order valence-corrected chi connectivity index (χ0v) is 9.64. The van der Waals surface area contributed by atoms with Crippen LogP contribution in [0.3, 0.4) is 0 Å². The van der Waals surface area contributed by atoms with E-state index in [1.165, 1.54) is 0 Å². The molecular weight excluding hydrogens is 194 g/mol. The quantitative estimate of drug-likeness (QED) is 0.732. The summed E-state index contributed by atoms with van der Waals surface area (Å²) in [6, 6.07) is 4.00. The molecule has 1 amide bonds. The summed E-state index contributed by atoms with van der Waals surface area (Å²) in [6.45, 7) is 4.90. The normalized spacial score (nSPS) is 10.1. The molecule has 0 aromatic carbocycles. The standard InChI is InChI=1S/C11H17NOS/c1-3-5-8-12(10(13)4-2)11-7-6-9-14-11/h6-7,9H,3-5,8H2,1-2H3. The first-order valence-electron chi connectivity index (χ1n) is 5.13. The maximum atomic E-state index is 11.6. The maximum absolute atomic E-state index is 11.6. The topological polar surface area (TPSA) is 20.3 Å². The average molecular weight is 211 g/mol. The van der Waals surface area contributed by atoms with Gasteiger partial charge in [-0.3, -0.25) is 4.79 Å². The van der Waals surface area contributed by atoms with Crippen LogP contribution in [0.2, 0.25) is 0 Å². The molecule has 0 atom stereocenters. The molecule has 0 aliphatic carbocycles. The van der Waals surface area contributed by atoms with Crippen LogP contribution in [0.4, 0.5) is 5.00 Å². The van der Waals surface area contributed by atoms with Crippen LogP contribution in [-0.4, -0.2) is 12.5 Å². The van der Waals surface area contributed by atoms with Crippen LogP contribution < -0.4 is 4.90 Å². The van der Waals surface area contributed by atoms with Gasteiger partial charge in [0.05, 0.1) is 5.00 Å². The van der Waals surface area contributed by atoms with E-state index < -0.39 is 0 Å². The van der Waals surface area contributed by atoms with E-state index in [-0.39, 0.29) is 5.91 Å². The summed E-state index contributed by atoms with van der Waals surface area (Å²) in [4.78, 5) is 13.5. The third-order valence-electron chi connectivity index (χ3n) is 2.11. The number of unbranched alkanes of at least 4 members (excludes halogenated alkanes) is 1. The summed E-state index contributed by atoms with van der Waals surface area (Å²) >= 11 is 1.63. The van der Waals surface area contributed by atoms with E-state index in [2.05, 4.69) is 6.92 Å². The van der Waals surface area contributed by atoms with E-state index in [0.717, 1.165) is 24.4 Å². The van der Waals surface area contributed by atoms with E-state index in [1.54, 1.807) is 11.3 Å². The molecule has 0 saturated carbocycles. The van der Waals surface area contributed by atoms with Crippen molar-refractivity contribution in [3.8, 4) is 0 Å². The molecule has 0 aliphatic rings. The van der Waals surface area contributed by atoms with Crippen molar-refractivity contribution in [3.05, 3.63) is 17.5 Å². The van der Waals surface area contributed by atoms with Crippen LogP contribution in [-0.2, 0) is 4.79 Å². The van der Waals surface area contributed by atoms with Crippen molar-refractivity contribution >= 4 is 22.2 Å². The Kier molecular flexibility index (Phi) is 4.66. The first kappa shape index (κ1) is 11.2. The van der Waals surface area contributed by atoms with Crippen molar-refractivity contribution in [1.82, 2.24) is 0 Å². The van der Waals surface area contributed by atoms with Gasteiger partial charge in [-0.2, -0.15) is 0 Å². The Morgan fingerprint density at radius 3 is 2.79 bits per heavy atom. The SMILES string of the molecule is CCCCN(C(=O)CC)c1cccs1. The van der Waals surface area contributed by atoms with Gasteiger partial charge in [-0.1, -0.05) is 20.3 Å². The minimum absolute atomic E-state index is 0.223. The van der Waals surface area contributed by atoms with Gasteiger partial charge in [0.1, 0.15) is 0 Å². The van der Waals surface area contributed by atoms with Crippen molar-refractivity contribution in [3.63, 3.8) is 0 Å². The summed E-state index contributed by atoms with van der Waals surface area (Å²) in [5, 5.41) is 3.09. The fraction of sp³-hybridized carbons (Fsp3) is 0.545. The lowest BCUT2D eigenvalue weighted by atomic mass is 10.3. The fourth-order valence-electron chi connectivity index (χ4n) is 1.29. The predicted molar refractivity (Wildman–Crippen MR) is 61.9 cm³/mol. The highest BCUT2D eigenvalue weighted by Crippen LogP contribution is 2.22. The Morgan fingerprint density at radius 2 is 2.29 bits per heavy atom. The largest absolute Gasteiger partial charge is 0.304 e. The second-order valence-electron chi connectivity index (χ2n) is 3.20. The lowest BCUT2D eigenvalue weighted by molar-refractivity contribution is -0.118. The summed E-state index contributed by atoms with van der Waals surface area (Å²) in [6.07, 6.45) is 2.78. The first-order chi connectivity index (χ1) is 6.79. The number of amides is 1. The number of nitrogens with zero attached hydrogens (tertiary/aromatic N) is 1. The second-order valence-corrected chi connectivity index (χ2v) is 4.13. The van der Waals surface area contributed by atoms with Gasteiger partial charge in [-0.05, 0) is 23.9 Å². The van der Waals surface area contributed by atoms with E-state index in [0.29, 0.717) is 6.42 Å². The van der Waals surface area contributed by atoms with Crippen LogP contribution in [0.1, 0.15) is 33.1 Å². The summed E-state index contributed by atoms with van der Waals surface area (Å²) < 4.78 is 0. The first-order valence-corrected chi connectivity index (χ1v) is 6.01. The van der Waals surface area contributed by atoms with Crippen LogP contribution >= 0.6 is 11.3 Å². The molecule has 0 bridgehead atoms. The van der Waals surface area contributed by atoms with Crippen molar-refractivity contribution in [1.29, 1.82) is 0 Å². The molecule has 1 aromatic heterocycles.